The minimum atomic E-state index is -1.48. The van der Waals surface area contributed by atoms with Crippen molar-refractivity contribution >= 4 is 18.0 Å². The summed E-state index contributed by atoms with van der Waals surface area (Å²) < 4.78 is 5.17. The number of nitrogens with zero attached hydrogens (tertiary/aromatic N) is 1. The Kier molecular flexibility index (Phi) is 5.56. The van der Waals surface area contributed by atoms with Gasteiger partial charge in [-0.05, 0) is 41.5 Å². The normalized spacial score (nSPS) is 13.5. The maximum Gasteiger partial charge on any atom is 0.411 e. The highest BCUT2D eigenvalue weighted by molar-refractivity contribution is 5.85. The summed E-state index contributed by atoms with van der Waals surface area (Å²) in [7, 11) is 0. The summed E-state index contributed by atoms with van der Waals surface area (Å²) in [5.41, 5.74) is -1.69. The molecule has 7 heteroatoms. The van der Waals surface area contributed by atoms with Crippen molar-refractivity contribution in [2.75, 3.05) is 0 Å². The van der Waals surface area contributed by atoms with E-state index in [1.165, 1.54) is 0 Å². The molecule has 0 aromatic carbocycles. The van der Waals surface area contributed by atoms with E-state index in [4.69, 9.17) is 9.84 Å². The molecule has 0 aliphatic carbocycles. The first kappa shape index (κ1) is 18.2. The summed E-state index contributed by atoms with van der Waals surface area (Å²) in [6.45, 7) is 9.81. The lowest BCUT2D eigenvalue weighted by Crippen LogP contribution is -2.56. The quantitative estimate of drug-likeness (QED) is 0.819. The highest BCUT2D eigenvalue weighted by Crippen LogP contribution is 2.23. The molecule has 0 bridgehead atoms. The third-order valence-corrected chi connectivity index (χ3v) is 2.28. The van der Waals surface area contributed by atoms with Gasteiger partial charge in [-0.2, -0.15) is 0 Å². The van der Waals surface area contributed by atoms with Gasteiger partial charge >= 0.3 is 18.0 Å². The van der Waals surface area contributed by atoms with E-state index in [0.717, 1.165) is 4.90 Å². The Morgan fingerprint density at radius 1 is 1.05 bits per heavy atom. The van der Waals surface area contributed by atoms with Crippen molar-refractivity contribution in [3.05, 3.63) is 0 Å². The molecule has 0 aromatic heterocycles. The zero-order valence-corrected chi connectivity index (χ0v) is 12.8. The zero-order chi connectivity index (χ0) is 16.3. The standard InChI is InChI=1S/C13H23NO6/c1-12(2,3)14(11(19)20-13(4,5)6)8(10(17)18)7-9(15)16/h8H,7H2,1-6H3,(H,15,16)(H,17,18)/t8-/m0/s1. The summed E-state index contributed by atoms with van der Waals surface area (Å²) in [6, 6.07) is -1.48. The Morgan fingerprint density at radius 2 is 1.50 bits per heavy atom. The van der Waals surface area contributed by atoms with Gasteiger partial charge in [-0.15, -0.1) is 0 Å². The van der Waals surface area contributed by atoms with E-state index in [1.54, 1.807) is 41.5 Å². The number of ether oxygens (including phenoxy) is 1. The second-order valence-electron chi connectivity index (χ2n) is 6.47. The molecule has 1 amide bonds. The van der Waals surface area contributed by atoms with Crippen LogP contribution in [0, 0.1) is 0 Å². The van der Waals surface area contributed by atoms with Crippen molar-refractivity contribution < 1.29 is 29.3 Å². The topological polar surface area (TPSA) is 104 Å². The van der Waals surface area contributed by atoms with Gasteiger partial charge in [-0.25, -0.2) is 9.59 Å². The van der Waals surface area contributed by atoms with Gasteiger partial charge in [0.1, 0.15) is 11.6 Å². The van der Waals surface area contributed by atoms with Crippen LogP contribution in [0.2, 0.25) is 0 Å². The molecule has 0 aromatic rings. The molecular formula is C13H23NO6. The first-order valence-electron chi connectivity index (χ1n) is 6.22. The van der Waals surface area contributed by atoms with Crippen molar-refractivity contribution in [1.82, 2.24) is 4.90 Å². The first-order valence-corrected chi connectivity index (χ1v) is 6.22. The number of carboxylic acids is 2. The fourth-order valence-corrected chi connectivity index (χ4v) is 1.63. The molecule has 0 saturated heterocycles. The molecule has 0 rings (SSSR count). The Balaban J connectivity index is 5.48. The second-order valence-corrected chi connectivity index (χ2v) is 6.47. The van der Waals surface area contributed by atoms with Gasteiger partial charge in [-0.3, -0.25) is 9.69 Å². The van der Waals surface area contributed by atoms with E-state index in [1.807, 2.05) is 0 Å². The van der Waals surface area contributed by atoms with E-state index in [9.17, 15) is 19.5 Å². The van der Waals surface area contributed by atoms with Crippen molar-refractivity contribution in [2.45, 2.75) is 65.1 Å². The van der Waals surface area contributed by atoms with Crippen LogP contribution in [-0.4, -0.2) is 50.3 Å². The number of aliphatic carboxylic acids is 2. The Labute approximate surface area is 118 Å². The molecule has 116 valence electrons. The van der Waals surface area contributed by atoms with Crippen LogP contribution in [-0.2, 0) is 14.3 Å². The SMILES string of the molecule is CC(C)(C)OC(=O)N([C@@H](CC(=O)O)C(=O)O)C(C)(C)C. The maximum absolute atomic E-state index is 12.2. The monoisotopic (exact) mass is 289 g/mol. The lowest BCUT2D eigenvalue weighted by atomic mass is 10.0. The average Bonchev–Trinajstić information content (AvgIpc) is 2.09. The largest absolute Gasteiger partial charge is 0.481 e. The Morgan fingerprint density at radius 3 is 1.75 bits per heavy atom. The molecule has 0 aliphatic heterocycles. The zero-order valence-electron chi connectivity index (χ0n) is 12.8. The minimum absolute atomic E-state index is 0.689. The summed E-state index contributed by atoms with van der Waals surface area (Å²) >= 11 is 0. The third kappa shape index (κ3) is 5.90. The summed E-state index contributed by atoms with van der Waals surface area (Å²) in [6.07, 6.45) is -1.54. The molecular weight excluding hydrogens is 266 g/mol. The minimum Gasteiger partial charge on any atom is -0.481 e. The molecule has 7 nitrogen and oxygen atoms in total. The van der Waals surface area contributed by atoms with Crippen molar-refractivity contribution in [2.24, 2.45) is 0 Å². The average molecular weight is 289 g/mol. The van der Waals surface area contributed by atoms with Crippen LogP contribution in [0.5, 0.6) is 0 Å². The van der Waals surface area contributed by atoms with Gasteiger partial charge in [0, 0.05) is 5.54 Å². The maximum atomic E-state index is 12.2. The lowest BCUT2D eigenvalue weighted by Gasteiger charge is -2.39. The van der Waals surface area contributed by atoms with Gasteiger partial charge in [0.05, 0.1) is 6.42 Å². The number of rotatable bonds is 4. The van der Waals surface area contributed by atoms with Crippen LogP contribution in [0.25, 0.3) is 0 Å². The van der Waals surface area contributed by atoms with Gasteiger partial charge in [-0.1, -0.05) is 0 Å². The number of carbonyl (C=O) groups is 3. The second kappa shape index (κ2) is 6.11. The number of hydrogen-bond acceptors (Lipinski definition) is 4. The third-order valence-electron chi connectivity index (χ3n) is 2.28. The predicted molar refractivity (Wildman–Crippen MR) is 71.5 cm³/mol. The van der Waals surface area contributed by atoms with Gasteiger partial charge < -0.3 is 14.9 Å². The van der Waals surface area contributed by atoms with Crippen molar-refractivity contribution in [3.63, 3.8) is 0 Å². The summed E-state index contributed by atoms with van der Waals surface area (Å²) in [5, 5.41) is 18.0. The first-order chi connectivity index (χ1) is 8.75. The van der Waals surface area contributed by atoms with Crippen LogP contribution >= 0.6 is 0 Å². The fraction of sp³-hybridized carbons (Fsp3) is 0.769. The number of carbonyl (C=O) groups excluding carboxylic acids is 1. The predicted octanol–water partition coefficient (Wildman–Crippen LogP) is 1.95. The van der Waals surface area contributed by atoms with E-state index in [0.29, 0.717) is 0 Å². The van der Waals surface area contributed by atoms with Gasteiger partial charge in [0.2, 0.25) is 0 Å². The van der Waals surface area contributed by atoms with E-state index < -0.39 is 41.6 Å². The van der Waals surface area contributed by atoms with Crippen LogP contribution < -0.4 is 0 Å². The molecule has 0 heterocycles. The highest BCUT2D eigenvalue weighted by Gasteiger charge is 2.40. The molecule has 20 heavy (non-hydrogen) atoms. The smallest absolute Gasteiger partial charge is 0.411 e. The van der Waals surface area contributed by atoms with Crippen LogP contribution in [0.1, 0.15) is 48.0 Å². The molecule has 0 saturated carbocycles. The Hall–Kier alpha value is -1.79. The molecule has 1 atom stereocenters. The Bertz CT molecular complexity index is 391. The summed E-state index contributed by atoms with van der Waals surface area (Å²) in [5.74, 6) is -2.68. The number of amides is 1. The fourth-order valence-electron chi connectivity index (χ4n) is 1.63. The van der Waals surface area contributed by atoms with Crippen molar-refractivity contribution in [3.8, 4) is 0 Å². The van der Waals surface area contributed by atoms with Gasteiger partial charge in [0.15, 0.2) is 0 Å². The lowest BCUT2D eigenvalue weighted by molar-refractivity contribution is -0.151. The van der Waals surface area contributed by atoms with E-state index in [2.05, 4.69) is 0 Å². The molecule has 0 aliphatic rings. The molecule has 0 unspecified atom stereocenters. The van der Waals surface area contributed by atoms with Crippen LogP contribution in [0.3, 0.4) is 0 Å². The number of carboxylic acid groups (broad SMARTS) is 2. The van der Waals surface area contributed by atoms with E-state index in [-0.39, 0.29) is 0 Å². The molecule has 0 fully saturated rings. The van der Waals surface area contributed by atoms with Crippen LogP contribution in [0.4, 0.5) is 4.79 Å². The molecule has 2 N–H and O–H groups in total. The number of hydrogen-bond donors (Lipinski definition) is 2. The van der Waals surface area contributed by atoms with Crippen LogP contribution in [0.15, 0.2) is 0 Å². The molecule has 0 radical (unpaired) electrons. The van der Waals surface area contributed by atoms with Crippen molar-refractivity contribution in [1.29, 1.82) is 0 Å². The molecule has 0 spiro atoms. The highest BCUT2D eigenvalue weighted by atomic mass is 16.6. The van der Waals surface area contributed by atoms with E-state index >= 15 is 0 Å². The summed E-state index contributed by atoms with van der Waals surface area (Å²) in [4.78, 5) is 35.2. The van der Waals surface area contributed by atoms with Gasteiger partial charge in [0.25, 0.3) is 0 Å².